The third-order valence-corrected chi connectivity index (χ3v) is 4.45. The number of benzene rings is 3. The second kappa shape index (κ2) is 8.86. The zero-order valence-electron chi connectivity index (χ0n) is 15.6. The van der Waals surface area contributed by atoms with Crippen molar-refractivity contribution >= 4 is 23.4 Å². The maximum atomic E-state index is 13.1. The molecule has 2 N–H and O–H groups in total. The molecule has 3 aromatic carbocycles. The number of urea groups is 1. The fraction of sp³-hybridized carbons (Fsp3) is 0.130. The minimum Gasteiger partial charge on any atom is -0.478 e. The fourth-order valence-electron chi connectivity index (χ4n) is 3.04. The first kappa shape index (κ1) is 19.2. The predicted molar refractivity (Wildman–Crippen MR) is 111 cm³/mol. The lowest BCUT2D eigenvalue weighted by molar-refractivity contribution is 0.0696. The number of carbonyl (C=O) groups is 2. The van der Waals surface area contributed by atoms with Gasteiger partial charge in [-0.3, -0.25) is 4.90 Å². The van der Waals surface area contributed by atoms with Crippen LogP contribution in [0.1, 0.15) is 28.4 Å². The smallest absolute Gasteiger partial charge is 0.335 e. The third-order valence-electron chi connectivity index (χ3n) is 4.45. The van der Waals surface area contributed by atoms with Crippen LogP contribution in [0.4, 0.5) is 16.2 Å². The molecule has 28 heavy (non-hydrogen) atoms. The van der Waals surface area contributed by atoms with E-state index in [0.29, 0.717) is 5.69 Å². The van der Waals surface area contributed by atoms with Crippen molar-refractivity contribution in [1.29, 1.82) is 0 Å². The SMILES string of the molecule is CCc1ccccc1N(Cc1cccc(C(=O)O)c1)C(=O)Nc1ccccc1. The van der Waals surface area contributed by atoms with Crippen molar-refractivity contribution in [3.05, 3.63) is 95.6 Å². The molecular weight excluding hydrogens is 352 g/mol. The quantitative estimate of drug-likeness (QED) is 0.624. The molecule has 0 fully saturated rings. The first-order valence-electron chi connectivity index (χ1n) is 9.12. The van der Waals surface area contributed by atoms with Gasteiger partial charge >= 0.3 is 12.0 Å². The number of anilines is 2. The second-order valence-electron chi connectivity index (χ2n) is 6.37. The van der Waals surface area contributed by atoms with Crippen LogP contribution < -0.4 is 10.2 Å². The average molecular weight is 374 g/mol. The summed E-state index contributed by atoms with van der Waals surface area (Å²) in [5.74, 6) is -0.990. The summed E-state index contributed by atoms with van der Waals surface area (Å²) in [4.78, 5) is 26.0. The Hall–Kier alpha value is -3.60. The molecule has 5 nitrogen and oxygen atoms in total. The van der Waals surface area contributed by atoms with E-state index in [1.807, 2.05) is 67.6 Å². The Morgan fingerprint density at radius 2 is 1.64 bits per heavy atom. The van der Waals surface area contributed by atoms with E-state index in [0.717, 1.165) is 23.2 Å². The Morgan fingerprint density at radius 3 is 2.36 bits per heavy atom. The maximum Gasteiger partial charge on any atom is 0.335 e. The fourth-order valence-corrected chi connectivity index (χ4v) is 3.04. The zero-order chi connectivity index (χ0) is 19.9. The topological polar surface area (TPSA) is 69.6 Å². The van der Waals surface area contributed by atoms with E-state index < -0.39 is 5.97 Å². The number of aromatic carboxylic acids is 1. The first-order valence-corrected chi connectivity index (χ1v) is 9.12. The number of aryl methyl sites for hydroxylation is 1. The summed E-state index contributed by atoms with van der Waals surface area (Å²) >= 11 is 0. The van der Waals surface area contributed by atoms with Gasteiger partial charge in [0.05, 0.1) is 12.1 Å². The third kappa shape index (κ3) is 4.57. The van der Waals surface area contributed by atoms with E-state index in [2.05, 4.69) is 5.32 Å². The highest BCUT2D eigenvalue weighted by Gasteiger charge is 2.19. The van der Waals surface area contributed by atoms with Crippen molar-refractivity contribution in [2.24, 2.45) is 0 Å². The zero-order valence-corrected chi connectivity index (χ0v) is 15.6. The normalized spacial score (nSPS) is 10.3. The van der Waals surface area contributed by atoms with Crippen molar-refractivity contribution in [1.82, 2.24) is 0 Å². The van der Waals surface area contributed by atoms with E-state index in [-0.39, 0.29) is 18.1 Å². The molecule has 0 saturated carbocycles. The standard InChI is InChI=1S/C23H22N2O3/c1-2-18-10-6-7-14-21(18)25(23(28)24-20-12-4-3-5-13-20)16-17-9-8-11-19(15-17)22(26)27/h3-15H,2,16H2,1H3,(H,24,28)(H,26,27). The van der Waals surface area contributed by atoms with Crippen LogP contribution in [0.2, 0.25) is 0 Å². The average Bonchev–Trinajstić information content (AvgIpc) is 2.73. The van der Waals surface area contributed by atoms with Gasteiger partial charge in [-0.25, -0.2) is 9.59 Å². The summed E-state index contributed by atoms with van der Waals surface area (Å²) in [7, 11) is 0. The molecule has 0 aliphatic rings. The lowest BCUT2D eigenvalue weighted by Gasteiger charge is -2.26. The highest BCUT2D eigenvalue weighted by molar-refractivity contribution is 6.02. The van der Waals surface area contributed by atoms with Gasteiger partial charge in [0.2, 0.25) is 0 Å². The van der Waals surface area contributed by atoms with Crippen LogP contribution in [0.25, 0.3) is 0 Å². The Morgan fingerprint density at radius 1 is 0.929 bits per heavy atom. The molecule has 0 aliphatic carbocycles. The minimum absolute atomic E-state index is 0.199. The summed E-state index contributed by atoms with van der Waals surface area (Å²) in [5, 5.41) is 12.2. The minimum atomic E-state index is -0.990. The number of carboxylic acids is 1. The maximum absolute atomic E-state index is 13.1. The lowest BCUT2D eigenvalue weighted by atomic mass is 10.1. The molecular formula is C23H22N2O3. The van der Waals surface area contributed by atoms with E-state index in [4.69, 9.17) is 0 Å². The summed E-state index contributed by atoms with van der Waals surface area (Å²) in [5.41, 5.74) is 3.49. The number of carboxylic acid groups (broad SMARTS) is 1. The van der Waals surface area contributed by atoms with Gasteiger partial charge < -0.3 is 10.4 Å². The van der Waals surface area contributed by atoms with Crippen LogP contribution in [0.3, 0.4) is 0 Å². The number of hydrogen-bond donors (Lipinski definition) is 2. The van der Waals surface area contributed by atoms with E-state index in [1.165, 1.54) is 0 Å². The molecule has 0 bridgehead atoms. The van der Waals surface area contributed by atoms with Gasteiger partial charge in [-0.15, -0.1) is 0 Å². The summed E-state index contributed by atoms with van der Waals surface area (Å²) in [6.07, 6.45) is 0.778. The molecule has 0 aliphatic heterocycles. The van der Waals surface area contributed by atoms with Gasteiger partial charge in [-0.2, -0.15) is 0 Å². The molecule has 0 unspecified atom stereocenters. The van der Waals surface area contributed by atoms with Gasteiger partial charge in [-0.05, 0) is 47.9 Å². The highest BCUT2D eigenvalue weighted by atomic mass is 16.4. The number of carbonyl (C=O) groups excluding carboxylic acids is 1. The Kier molecular flexibility index (Phi) is 6.07. The number of nitrogens with one attached hydrogen (secondary N) is 1. The molecule has 3 aromatic rings. The molecule has 0 heterocycles. The Balaban J connectivity index is 1.95. The summed E-state index contributed by atoms with van der Waals surface area (Å²) in [6, 6.07) is 23.4. The van der Waals surface area contributed by atoms with E-state index in [1.54, 1.807) is 23.1 Å². The molecule has 0 aromatic heterocycles. The van der Waals surface area contributed by atoms with Crippen LogP contribution in [0.15, 0.2) is 78.9 Å². The van der Waals surface area contributed by atoms with E-state index in [9.17, 15) is 14.7 Å². The number of rotatable bonds is 6. The summed E-state index contributed by atoms with van der Waals surface area (Å²) in [6.45, 7) is 2.30. The van der Waals surface area contributed by atoms with Crippen LogP contribution in [0.5, 0.6) is 0 Å². The number of nitrogens with zero attached hydrogens (tertiary/aromatic N) is 1. The van der Waals surface area contributed by atoms with Crippen LogP contribution in [-0.4, -0.2) is 17.1 Å². The van der Waals surface area contributed by atoms with Gasteiger partial charge in [0.15, 0.2) is 0 Å². The molecule has 2 amide bonds. The van der Waals surface area contributed by atoms with Crippen molar-refractivity contribution < 1.29 is 14.7 Å². The van der Waals surface area contributed by atoms with Crippen LogP contribution in [-0.2, 0) is 13.0 Å². The molecule has 0 saturated heterocycles. The predicted octanol–water partition coefficient (Wildman–Crippen LogP) is 5.19. The van der Waals surface area contributed by atoms with Gasteiger partial charge in [-0.1, -0.05) is 55.5 Å². The van der Waals surface area contributed by atoms with Crippen LogP contribution in [0, 0.1) is 0 Å². The van der Waals surface area contributed by atoms with Crippen LogP contribution >= 0.6 is 0 Å². The largest absolute Gasteiger partial charge is 0.478 e. The van der Waals surface area contributed by atoms with Gasteiger partial charge in [0.1, 0.15) is 0 Å². The van der Waals surface area contributed by atoms with Gasteiger partial charge in [0.25, 0.3) is 0 Å². The highest BCUT2D eigenvalue weighted by Crippen LogP contribution is 2.24. The van der Waals surface area contributed by atoms with E-state index >= 15 is 0 Å². The van der Waals surface area contributed by atoms with Crippen molar-refractivity contribution in [2.45, 2.75) is 19.9 Å². The molecule has 142 valence electrons. The Labute approximate surface area is 164 Å². The summed E-state index contributed by atoms with van der Waals surface area (Å²) < 4.78 is 0. The molecule has 5 heteroatoms. The molecule has 0 atom stereocenters. The Bertz CT molecular complexity index is 970. The number of amides is 2. The molecule has 0 radical (unpaired) electrons. The monoisotopic (exact) mass is 374 g/mol. The van der Waals surface area contributed by atoms with Crippen molar-refractivity contribution in [3.8, 4) is 0 Å². The van der Waals surface area contributed by atoms with Crippen molar-refractivity contribution in [3.63, 3.8) is 0 Å². The number of hydrogen-bond acceptors (Lipinski definition) is 2. The number of para-hydroxylation sites is 2. The molecule has 0 spiro atoms. The molecule has 3 rings (SSSR count). The second-order valence-corrected chi connectivity index (χ2v) is 6.37. The lowest BCUT2D eigenvalue weighted by Crippen LogP contribution is -2.35. The van der Waals surface area contributed by atoms with Gasteiger partial charge in [0, 0.05) is 11.4 Å². The first-order chi connectivity index (χ1) is 13.6. The van der Waals surface area contributed by atoms with Crippen molar-refractivity contribution in [2.75, 3.05) is 10.2 Å².